The maximum absolute atomic E-state index is 11.5. The predicted octanol–water partition coefficient (Wildman–Crippen LogP) is 0.232. The van der Waals surface area contributed by atoms with Gasteiger partial charge in [-0.25, -0.2) is 4.79 Å². The van der Waals surface area contributed by atoms with Crippen molar-refractivity contribution >= 4 is 5.97 Å². The first-order valence-electron chi connectivity index (χ1n) is 6.73. The molecule has 5 nitrogen and oxygen atoms in total. The number of hydrogen-bond donors (Lipinski definition) is 2. The van der Waals surface area contributed by atoms with E-state index in [4.69, 9.17) is 0 Å². The zero-order chi connectivity index (χ0) is 13.6. The monoisotopic (exact) mass is 258 g/mol. The maximum Gasteiger partial charge on any atom is 0.338 e. The molecule has 2 unspecified atom stereocenters. The zero-order valence-corrected chi connectivity index (χ0v) is 11.7. The van der Waals surface area contributed by atoms with Gasteiger partial charge in [0.05, 0.1) is 7.11 Å². The van der Waals surface area contributed by atoms with E-state index in [-0.39, 0.29) is 0 Å². The van der Waals surface area contributed by atoms with Crippen LogP contribution in [0.5, 0.6) is 0 Å². The minimum absolute atomic E-state index is 0.326. The Balaban J connectivity index is 2.47. The molecule has 0 aromatic heterocycles. The fraction of sp³-hybridized carbons (Fsp3) is 0.923. The summed E-state index contributed by atoms with van der Waals surface area (Å²) in [6.45, 7) is 7.75. The van der Waals surface area contributed by atoms with Crippen LogP contribution in [-0.2, 0) is 9.53 Å². The summed E-state index contributed by atoms with van der Waals surface area (Å²) in [5.41, 5.74) is -1.42. The van der Waals surface area contributed by atoms with E-state index in [1.807, 2.05) is 6.92 Å². The molecule has 18 heavy (non-hydrogen) atoms. The topological polar surface area (TPSA) is 61.8 Å². The summed E-state index contributed by atoms with van der Waals surface area (Å²) >= 11 is 0. The normalized spacial score (nSPS) is 23.7. The van der Waals surface area contributed by atoms with Crippen molar-refractivity contribution in [2.75, 3.05) is 39.8 Å². The molecule has 0 aromatic rings. The highest BCUT2D eigenvalue weighted by Crippen LogP contribution is 2.15. The molecule has 0 amide bonds. The first-order chi connectivity index (χ1) is 8.49. The van der Waals surface area contributed by atoms with Crippen LogP contribution in [0.15, 0.2) is 0 Å². The summed E-state index contributed by atoms with van der Waals surface area (Å²) in [4.78, 5) is 13.6. The quantitative estimate of drug-likeness (QED) is 0.668. The van der Waals surface area contributed by atoms with Crippen LogP contribution in [0, 0.1) is 5.92 Å². The number of carbonyl (C=O) groups excluding carboxylic acids is 1. The number of piperidine rings is 1. The van der Waals surface area contributed by atoms with Crippen LogP contribution < -0.4 is 5.32 Å². The van der Waals surface area contributed by atoms with Gasteiger partial charge in [-0.05, 0) is 45.3 Å². The van der Waals surface area contributed by atoms with Crippen LogP contribution in [0.2, 0.25) is 0 Å². The SMILES string of the molecule is CCN(CC1CCCNC1)CC(C)(O)C(=O)OC. The van der Waals surface area contributed by atoms with Gasteiger partial charge in [0.2, 0.25) is 0 Å². The fourth-order valence-corrected chi connectivity index (χ4v) is 2.47. The van der Waals surface area contributed by atoms with Crippen molar-refractivity contribution in [1.29, 1.82) is 0 Å². The molecule has 0 bridgehead atoms. The Bertz CT molecular complexity index is 263. The molecule has 1 saturated heterocycles. The molecule has 0 saturated carbocycles. The molecule has 1 aliphatic heterocycles. The molecule has 0 aliphatic carbocycles. The van der Waals surface area contributed by atoms with E-state index in [0.29, 0.717) is 12.5 Å². The van der Waals surface area contributed by atoms with Gasteiger partial charge in [0.15, 0.2) is 5.60 Å². The predicted molar refractivity (Wildman–Crippen MR) is 70.3 cm³/mol. The van der Waals surface area contributed by atoms with Crippen LogP contribution in [0.25, 0.3) is 0 Å². The standard InChI is InChI=1S/C13H26N2O3/c1-4-15(9-11-6-5-7-14-8-11)10-13(2,17)12(16)18-3/h11,14,17H,4-10H2,1-3H3. The lowest BCUT2D eigenvalue weighted by Gasteiger charge is -2.33. The van der Waals surface area contributed by atoms with Gasteiger partial charge < -0.3 is 15.2 Å². The highest BCUT2D eigenvalue weighted by atomic mass is 16.5. The number of nitrogens with zero attached hydrogens (tertiary/aromatic N) is 1. The number of ether oxygens (including phenoxy) is 1. The number of aliphatic hydroxyl groups is 1. The van der Waals surface area contributed by atoms with Gasteiger partial charge in [-0.2, -0.15) is 0 Å². The van der Waals surface area contributed by atoms with Crippen LogP contribution in [-0.4, -0.2) is 61.4 Å². The van der Waals surface area contributed by atoms with E-state index in [0.717, 1.165) is 26.2 Å². The summed E-state index contributed by atoms with van der Waals surface area (Å²) in [7, 11) is 1.30. The molecule has 2 N–H and O–H groups in total. The second-order valence-electron chi connectivity index (χ2n) is 5.31. The van der Waals surface area contributed by atoms with Gasteiger partial charge in [0.25, 0.3) is 0 Å². The average Bonchev–Trinajstić information content (AvgIpc) is 2.37. The molecule has 106 valence electrons. The zero-order valence-electron chi connectivity index (χ0n) is 11.7. The molecule has 2 atom stereocenters. The summed E-state index contributed by atoms with van der Waals surface area (Å²) in [5.74, 6) is 0.0369. The molecule has 0 spiro atoms. The second-order valence-corrected chi connectivity index (χ2v) is 5.31. The highest BCUT2D eigenvalue weighted by Gasteiger charge is 2.33. The van der Waals surface area contributed by atoms with Crippen LogP contribution in [0.1, 0.15) is 26.7 Å². The van der Waals surface area contributed by atoms with E-state index in [1.165, 1.54) is 26.9 Å². The third kappa shape index (κ3) is 4.55. The molecule has 1 fully saturated rings. The third-order valence-electron chi connectivity index (χ3n) is 3.52. The summed E-state index contributed by atoms with van der Waals surface area (Å²) in [6.07, 6.45) is 2.42. The van der Waals surface area contributed by atoms with Crippen molar-refractivity contribution in [2.45, 2.75) is 32.3 Å². The Morgan fingerprint density at radius 3 is 2.83 bits per heavy atom. The maximum atomic E-state index is 11.5. The fourth-order valence-electron chi connectivity index (χ4n) is 2.47. The number of methoxy groups -OCH3 is 1. The molecule has 0 aromatic carbocycles. The molecule has 5 heteroatoms. The van der Waals surface area contributed by atoms with Gasteiger partial charge in [0, 0.05) is 13.1 Å². The third-order valence-corrected chi connectivity index (χ3v) is 3.52. The second kappa shape index (κ2) is 7.07. The average molecular weight is 258 g/mol. The Hall–Kier alpha value is -0.650. The van der Waals surface area contributed by atoms with Crippen molar-refractivity contribution in [3.8, 4) is 0 Å². The van der Waals surface area contributed by atoms with Crippen molar-refractivity contribution < 1.29 is 14.6 Å². The molecule has 1 heterocycles. The summed E-state index contributed by atoms with van der Waals surface area (Å²) < 4.78 is 4.62. The van der Waals surface area contributed by atoms with E-state index in [2.05, 4.69) is 15.0 Å². The van der Waals surface area contributed by atoms with Gasteiger partial charge >= 0.3 is 5.97 Å². The van der Waals surface area contributed by atoms with Gasteiger partial charge in [-0.15, -0.1) is 0 Å². The number of esters is 1. The Morgan fingerprint density at radius 1 is 1.61 bits per heavy atom. The van der Waals surface area contributed by atoms with Crippen molar-refractivity contribution in [2.24, 2.45) is 5.92 Å². The smallest absolute Gasteiger partial charge is 0.338 e. The van der Waals surface area contributed by atoms with Crippen LogP contribution in [0.3, 0.4) is 0 Å². The van der Waals surface area contributed by atoms with E-state index >= 15 is 0 Å². The van der Waals surface area contributed by atoms with Crippen molar-refractivity contribution in [3.63, 3.8) is 0 Å². The molecular formula is C13H26N2O3. The molecule has 1 rings (SSSR count). The minimum Gasteiger partial charge on any atom is -0.467 e. The number of carbonyl (C=O) groups is 1. The number of rotatable bonds is 6. The Morgan fingerprint density at radius 2 is 2.33 bits per heavy atom. The lowest BCUT2D eigenvalue weighted by Crippen LogP contribution is -2.49. The molecular weight excluding hydrogens is 232 g/mol. The number of hydrogen-bond acceptors (Lipinski definition) is 5. The minimum atomic E-state index is -1.42. The molecule has 1 aliphatic rings. The van der Waals surface area contributed by atoms with Crippen LogP contribution >= 0.6 is 0 Å². The lowest BCUT2D eigenvalue weighted by molar-refractivity contribution is -0.162. The first kappa shape index (κ1) is 15.4. The van der Waals surface area contributed by atoms with Crippen molar-refractivity contribution in [1.82, 2.24) is 10.2 Å². The first-order valence-corrected chi connectivity index (χ1v) is 6.73. The van der Waals surface area contributed by atoms with E-state index < -0.39 is 11.6 Å². The highest BCUT2D eigenvalue weighted by molar-refractivity contribution is 5.78. The Labute approximate surface area is 109 Å². The van der Waals surface area contributed by atoms with Gasteiger partial charge in [-0.3, -0.25) is 4.90 Å². The van der Waals surface area contributed by atoms with E-state index in [9.17, 15) is 9.90 Å². The number of nitrogens with one attached hydrogen (secondary N) is 1. The van der Waals surface area contributed by atoms with Crippen molar-refractivity contribution in [3.05, 3.63) is 0 Å². The van der Waals surface area contributed by atoms with Crippen LogP contribution in [0.4, 0.5) is 0 Å². The lowest BCUT2D eigenvalue weighted by atomic mass is 9.98. The van der Waals surface area contributed by atoms with Gasteiger partial charge in [-0.1, -0.05) is 6.92 Å². The Kier molecular flexibility index (Phi) is 6.05. The number of likely N-dealkylation sites (N-methyl/N-ethyl adjacent to an activating group) is 1. The summed E-state index contributed by atoms with van der Waals surface area (Å²) in [6, 6.07) is 0. The van der Waals surface area contributed by atoms with E-state index in [1.54, 1.807) is 0 Å². The summed E-state index contributed by atoms with van der Waals surface area (Å²) in [5, 5.41) is 13.5. The van der Waals surface area contributed by atoms with Gasteiger partial charge in [0.1, 0.15) is 0 Å². The largest absolute Gasteiger partial charge is 0.467 e. The molecule has 0 radical (unpaired) electrons.